The van der Waals surface area contributed by atoms with Crippen LogP contribution >= 0.6 is 0 Å². The molecule has 1 aliphatic rings. The SMILES string of the molecule is CCCC(=O)c1c(O)c(-c2c(O)c(C)c(O)c3c2OC(C)(CC)CC3=O)c(O)c(C)c1OC. The molecular weight excluding hydrogens is 428 g/mol. The van der Waals surface area contributed by atoms with Gasteiger partial charge < -0.3 is 29.9 Å². The van der Waals surface area contributed by atoms with Crippen molar-refractivity contribution in [3.8, 4) is 45.6 Å². The average Bonchev–Trinajstić information content (AvgIpc) is 2.76. The molecule has 1 heterocycles. The van der Waals surface area contributed by atoms with Crippen molar-refractivity contribution in [3.63, 3.8) is 0 Å². The quantitative estimate of drug-likeness (QED) is 0.448. The number of ether oxygens (including phenoxy) is 2. The van der Waals surface area contributed by atoms with Gasteiger partial charge in [0.05, 0.1) is 24.7 Å². The van der Waals surface area contributed by atoms with Crippen LogP contribution < -0.4 is 9.47 Å². The Kier molecular flexibility index (Phi) is 6.24. The number of rotatable bonds is 6. The Balaban J connectivity index is 2.51. The lowest BCUT2D eigenvalue weighted by Gasteiger charge is -2.36. The minimum atomic E-state index is -0.930. The first-order valence-corrected chi connectivity index (χ1v) is 10.9. The van der Waals surface area contributed by atoms with Gasteiger partial charge in [-0.3, -0.25) is 9.59 Å². The number of methoxy groups -OCH3 is 1. The first-order chi connectivity index (χ1) is 15.4. The molecule has 0 fully saturated rings. The number of carbonyl (C=O) groups excluding carboxylic acids is 2. The largest absolute Gasteiger partial charge is 0.507 e. The number of carbonyl (C=O) groups is 2. The Morgan fingerprint density at radius 2 is 1.55 bits per heavy atom. The molecule has 3 rings (SSSR count). The third kappa shape index (κ3) is 3.63. The Bertz CT molecular complexity index is 1160. The van der Waals surface area contributed by atoms with Crippen molar-refractivity contribution in [1.29, 1.82) is 0 Å². The molecule has 0 radical (unpaired) electrons. The molecule has 33 heavy (non-hydrogen) atoms. The van der Waals surface area contributed by atoms with E-state index in [9.17, 15) is 30.0 Å². The van der Waals surface area contributed by atoms with E-state index >= 15 is 0 Å². The molecule has 178 valence electrons. The first kappa shape index (κ1) is 24.2. The van der Waals surface area contributed by atoms with Gasteiger partial charge in [0.1, 0.15) is 51.2 Å². The molecule has 0 saturated carbocycles. The summed E-state index contributed by atoms with van der Waals surface area (Å²) in [6, 6.07) is 0. The Morgan fingerprint density at radius 1 is 0.970 bits per heavy atom. The van der Waals surface area contributed by atoms with Gasteiger partial charge in [0.25, 0.3) is 0 Å². The van der Waals surface area contributed by atoms with Crippen molar-refractivity contribution in [1.82, 2.24) is 0 Å². The summed E-state index contributed by atoms with van der Waals surface area (Å²) in [6.07, 6.45) is 1.09. The highest BCUT2D eigenvalue weighted by Gasteiger charge is 2.42. The maximum atomic E-state index is 13.0. The summed E-state index contributed by atoms with van der Waals surface area (Å²) in [5.74, 6) is -2.89. The summed E-state index contributed by atoms with van der Waals surface area (Å²) < 4.78 is 11.4. The number of phenolic OH excluding ortho intramolecular Hbond substituents is 4. The minimum absolute atomic E-state index is 0.00750. The predicted molar refractivity (Wildman–Crippen MR) is 122 cm³/mol. The van der Waals surface area contributed by atoms with Crippen molar-refractivity contribution in [2.75, 3.05) is 7.11 Å². The van der Waals surface area contributed by atoms with E-state index in [2.05, 4.69) is 0 Å². The highest BCUT2D eigenvalue weighted by atomic mass is 16.5. The van der Waals surface area contributed by atoms with Crippen LogP contribution in [0.25, 0.3) is 11.1 Å². The standard InChI is InChI=1S/C25H30O8/c1-7-9-13(26)15-22(31)17(21(30)12(4)23(15)32-6)18-20(29)11(3)19(28)16-14(27)10-25(5,8-2)33-24(16)18/h28-31H,7-10H2,1-6H3. The zero-order valence-corrected chi connectivity index (χ0v) is 19.8. The molecule has 4 N–H and O–H groups in total. The minimum Gasteiger partial charge on any atom is -0.507 e. The number of benzene rings is 2. The summed E-state index contributed by atoms with van der Waals surface area (Å²) in [7, 11) is 1.32. The van der Waals surface area contributed by atoms with E-state index in [4.69, 9.17) is 9.47 Å². The van der Waals surface area contributed by atoms with E-state index in [1.807, 2.05) is 13.8 Å². The second kappa shape index (κ2) is 8.50. The molecule has 1 aliphatic heterocycles. The molecule has 0 bridgehead atoms. The van der Waals surface area contributed by atoms with E-state index in [0.29, 0.717) is 12.8 Å². The Labute approximate surface area is 192 Å². The van der Waals surface area contributed by atoms with Gasteiger partial charge in [-0.1, -0.05) is 13.8 Å². The summed E-state index contributed by atoms with van der Waals surface area (Å²) >= 11 is 0. The van der Waals surface area contributed by atoms with Gasteiger partial charge in [-0.2, -0.15) is 0 Å². The monoisotopic (exact) mass is 458 g/mol. The fraction of sp³-hybridized carbons (Fsp3) is 0.440. The van der Waals surface area contributed by atoms with Gasteiger partial charge >= 0.3 is 0 Å². The molecule has 2 aromatic carbocycles. The molecule has 0 aromatic heterocycles. The third-order valence-corrected chi connectivity index (χ3v) is 6.39. The van der Waals surface area contributed by atoms with Crippen LogP contribution in [0.15, 0.2) is 0 Å². The van der Waals surface area contributed by atoms with Gasteiger partial charge in [0.2, 0.25) is 0 Å². The zero-order chi connectivity index (χ0) is 24.8. The van der Waals surface area contributed by atoms with E-state index < -0.39 is 40.2 Å². The molecule has 8 heteroatoms. The highest BCUT2D eigenvalue weighted by Crippen LogP contribution is 2.58. The van der Waals surface area contributed by atoms with E-state index in [-0.39, 0.29) is 57.7 Å². The second-order valence-corrected chi connectivity index (χ2v) is 8.69. The van der Waals surface area contributed by atoms with Gasteiger partial charge in [-0.25, -0.2) is 0 Å². The van der Waals surface area contributed by atoms with Crippen LogP contribution in [0.2, 0.25) is 0 Å². The lowest BCUT2D eigenvalue weighted by molar-refractivity contribution is 0.0495. The van der Waals surface area contributed by atoms with Crippen molar-refractivity contribution < 1.29 is 39.5 Å². The van der Waals surface area contributed by atoms with Crippen LogP contribution in [0.5, 0.6) is 34.5 Å². The fourth-order valence-electron chi connectivity index (χ4n) is 4.26. The number of phenols is 4. The zero-order valence-electron chi connectivity index (χ0n) is 19.8. The van der Waals surface area contributed by atoms with Crippen molar-refractivity contribution in [2.45, 2.75) is 65.9 Å². The van der Waals surface area contributed by atoms with Crippen LogP contribution in [0.1, 0.15) is 78.3 Å². The number of aromatic hydroxyl groups is 4. The summed E-state index contributed by atoms with van der Waals surface area (Å²) in [6.45, 7) is 8.29. The number of Topliss-reactive ketones (excluding diaryl/α,β-unsaturated/α-hetero) is 2. The van der Waals surface area contributed by atoms with Crippen LogP contribution in [0.3, 0.4) is 0 Å². The fourth-order valence-corrected chi connectivity index (χ4v) is 4.26. The van der Waals surface area contributed by atoms with E-state index in [0.717, 1.165) is 0 Å². The lowest BCUT2D eigenvalue weighted by atomic mass is 9.84. The molecule has 0 aliphatic carbocycles. The normalized spacial score (nSPS) is 17.5. The molecule has 1 unspecified atom stereocenters. The lowest BCUT2D eigenvalue weighted by Crippen LogP contribution is -2.38. The number of fused-ring (bicyclic) bond motifs is 1. The van der Waals surface area contributed by atoms with E-state index in [1.54, 1.807) is 6.92 Å². The Morgan fingerprint density at radius 3 is 2.09 bits per heavy atom. The topological polar surface area (TPSA) is 134 Å². The first-order valence-electron chi connectivity index (χ1n) is 10.9. The third-order valence-electron chi connectivity index (χ3n) is 6.39. The molecule has 0 amide bonds. The summed E-state index contributed by atoms with van der Waals surface area (Å²) in [4.78, 5) is 25.9. The van der Waals surface area contributed by atoms with Gasteiger partial charge in [0, 0.05) is 17.5 Å². The summed E-state index contributed by atoms with van der Waals surface area (Å²) in [5.41, 5.74) is -1.49. The number of hydrogen-bond acceptors (Lipinski definition) is 8. The Hall–Kier alpha value is -3.42. The maximum Gasteiger partial charge on any atom is 0.174 e. The van der Waals surface area contributed by atoms with E-state index in [1.165, 1.54) is 21.0 Å². The molecule has 2 aromatic rings. The van der Waals surface area contributed by atoms with Crippen LogP contribution in [0.4, 0.5) is 0 Å². The maximum absolute atomic E-state index is 13.0. The predicted octanol–water partition coefficient (Wildman–Crippen LogP) is 4.92. The van der Waals surface area contributed by atoms with Crippen LogP contribution in [0, 0.1) is 13.8 Å². The molecule has 8 nitrogen and oxygen atoms in total. The van der Waals surface area contributed by atoms with Gasteiger partial charge in [-0.15, -0.1) is 0 Å². The number of ketones is 2. The van der Waals surface area contributed by atoms with Crippen molar-refractivity contribution in [2.24, 2.45) is 0 Å². The van der Waals surface area contributed by atoms with Crippen LogP contribution in [-0.2, 0) is 0 Å². The van der Waals surface area contributed by atoms with Crippen molar-refractivity contribution in [3.05, 3.63) is 22.3 Å². The molecule has 0 spiro atoms. The second-order valence-electron chi connectivity index (χ2n) is 8.69. The summed E-state index contributed by atoms with van der Waals surface area (Å²) in [5, 5.41) is 43.9. The van der Waals surface area contributed by atoms with Gasteiger partial charge in [0.15, 0.2) is 11.6 Å². The van der Waals surface area contributed by atoms with Crippen molar-refractivity contribution >= 4 is 11.6 Å². The van der Waals surface area contributed by atoms with Crippen LogP contribution in [-0.4, -0.2) is 44.7 Å². The highest BCUT2D eigenvalue weighted by molar-refractivity contribution is 6.10. The smallest absolute Gasteiger partial charge is 0.174 e. The molecular formula is C25H30O8. The molecule has 0 saturated heterocycles. The number of hydrogen-bond donors (Lipinski definition) is 4. The average molecular weight is 459 g/mol. The molecule has 1 atom stereocenters. The van der Waals surface area contributed by atoms with Gasteiger partial charge in [-0.05, 0) is 33.6 Å².